The highest BCUT2D eigenvalue weighted by molar-refractivity contribution is 5.09. The molecule has 4 aliphatic rings. The molecule has 0 heterocycles. The molecule has 0 aromatic heterocycles. The van der Waals surface area contributed by atoms with Crippen LogP contribution in [0.2, 0.25) is 0 Å². The molecular weight excluding hydrogens is 352 g/mol. The molecule has 1 unspecified atom stereocenters. The number of aliphatic hydroxyl groups excluding tert-OH is 1. The molecule has 0 amide bonds. The molecule has 4 aliphatic carbocycles. The van der Waals surface area contributed by atoms with Gasteiger partial charge in [-0.15, -0.1) is 0 Å². The smallest absolute Gasteiger partial charge is 0.0459 e. The van der Waals surface area contributed by atoms with E-state index in [1.165, 1.54) is 77.0 Å². The van der Waals surface area contributed by atoms with E-state index in [0.29, 0.717) is 23.4 Å². The van der Waals surface area contributed by atoms with E-state index in [2.05, 4.69) is 34.6 Å². The zero-order valence-corrected chi connectivity index (χ0v) is 20.3. The third-order valence-electron chi connectivity index (χ3n) is 11.4. The second-order valence-corrected chi connectivity index (χ2v) is 12.7. The van der Waals surface area contributed by atoms with E-state index in [1.54, 1.807) is 0 Å². The lowest BCUT2D eigenvalue weighted by Crippen LogP contribution is -2.54. The SMILES string of the molecule is CCC[C@H](CO)C[C@@H](C)C1CC[C@H]2[C@@H]3CC[C@H]4[C@H](C)CCC[C@]4(C)[C@H]3CC[C@]12C. The molecule has 4 saturated carbocycles. The molecule has 1 N–H and O–H groups in total. The third kappa shape index (κ3) is 3.64. The summed E-state index contributed by atoms with van der Waals surface area (Å²) in [7, 11) is 0. The normalized spacial score (nSPS) is 49.0. The minimum absolute atomic E-state index is 0.396. The summed E-state index contributed by atoms with van der Waals surface area (Å²) < 4.78 is 0. The van der Waals surface area contributed by atoms with Gasteiger partial charge in [0.15, 0.2) is 0 Å². The summed E-state index contributed by atoms with van der Waals surface area (Å²) in [4.78, 5) is 0. The molecule has 0 aromatic carbocycles. The first-order chi connectivity index (χ1) is 13.8. The van der Waals surface area contributed by atoms with Gasteiger partial charge in [0.05, 0.1) is 0 Å². The van der Waals surface area contributed by atoms with E-state index in [0.717, 1.165) is 41.4 Å². The van der Waals surface area contributed by atoms with Crippen LogP contribution in [0.3, 0.4) is 0 Å². The van der Waals surface area contributed by atoms with Crippen molar-refractivity contribution in [2.45, 2.75) is 112 Å². The van der Waals surface area contributed by atoms with Crippen LogP contribution in [0.4, 0.5) is 0 Å². The van der Waals surface area contributed by atoms with Gasteiger partial charge in [0.2, 0.25) is 0 Å². The fourth-order valence-corrected chi connectivity index (χ4v) is 10.2. The molecule has 0 bridgehead atoms. The Hall–Kier alpha value is -0.0400. The Labute approximate surface area is 181 Å². The summed E-state index contributed by atoms with van der Waals surface area (Å²) >= 11 is 0. The van der Waals surface area contributed by atoms with Crippen molar-refractivity contribution in [3.05, 3.63) is 0 Å². The Morgan fingerprint density at radius 2 is 1.62 bits per heavy atom. The molecule has 4 fully saturated rings. The molecule has 4 rings (SSSR count). The van der Waals surface area contributed by atoms with Gasteiger partial charge in [-0.05, 0) is 116 Å². The van der Waals surface area contributed by atoms with Crippen LogP contribution in [0, 0.1) is 58.2 Å². The van der Waals surface area contributed by atoms with Crippen LogP contribution in [-0.2, 0) is 0 Å². The van der Waals surface area contributed by atoms with Gasteiger partial charge in [-0.1, -0.05) is 53.9 Å². The molecule has 1 heteroatoms. The zero-order valence-electron chi connectivity index (χ0n) is 20.3. The van der Waals surface area contributed by atoms with E-state index >= 15 is 0 Å². The Morgan fingerprint density at radius 1 is 0.897 bits per heavy atom. The van der Waals surface area contributed by atoms with Gasteiger partial charge in [-0.2, -0.15) is 0 Å². The lowest BCUT2D eigenvalue weighted by Gasteiger charge is -2.62. The monoisotopic (exact) mass is 402 g/mol. The largest absolute Gasteiger partial charge is 0.396 e. The van der Waals surface area contributed by atoms with Gasteiger partial charge in [0.25, 0.3) is 0 Å². The van der Waals surface area contributed by atoms with Crippen molar-refractivity contribution in [1.29, 1.82) is 0 Å². The van der Waals surface area contributed by atoms with E-state index < -0.39 is 0 Å². The number of rotatable bonds is 6. The molecule has 29 heavy (non-hydrogen) atoms. The molecule has 10 atom stereocenters. The van der Waals surface area contributed by atoms with Crippen LogP contribution in [0.5, 0.6) is 0 Å². The van der Waals surface area contributed by atoms with Gasteiger partial charge < -0.3 is 5.11 Å². The van der Waals surface area contributed by atoms with Gasteiger partial charge in [0, 0.05) is 6.61 Å². The van der Waals surface area contributed by atoms with Crippen molar-refractivity contribution in [3.8, 4) is 0 Å². The second kappa shape index (κ2) is 8.48. The van der Waals surface area contributed by atoms with Crippen LogP contribution < -0.4 is 0 Å². The van der Waals surface area contributed by atoms with Crippen molar-refractivity contribution in [1.82, 2.24) is 0 Å². The van der Waals surface area contributed by atoms with Crippen molar-refractivity contribution in [2.24, 2.45) is 58.2 Å². The predicted octanol–water partition coefficient (Wildman–Crippen LogP) is 7.72. The minimum Gasteiger partial charge on any atom is -0.396 e. The van der Waals surface area contributed by atoms with Crippen molar-refractivity contribution < 1.29 is 5.11 Å². The number of hydrogen-bond donors (Lipinski definition) is 1. The fourth-order valence-electron chi connectivity index (χ4n) is 10.2. The molecule has 0 saturated heterocycles. The first kappa shape index (κ1) is 22.2. The highest BCUT2D eigenvalue weighted by atomic mass is 16.3. The topological polar surface area (TPSA) is 20.2 Å². The Morgan fingerprint density at radius 3 is 2.34 bits per heavy atom. The van der Waals surface area contributed by atoms with Crippen molar-refractivity contribution in [2.75, 3.05) is 6.61 Å². The Kier molecular flexibility index (Phi) is 6.48. The standard InChI is InChI=1S/C28H50O/c1-6-8-21(18-29)17-20(3)24-12-13-25-22-10-11-23-19(2)9-7-15-27(23,4)26(22)14-16-28(24,25)5/h19-26,29H,6-18H2,1-5H3/t19-,20-,21+,22+,23+,24?,25+,26+,27+,28-/m1/s1. The van der Waals surface area contributed by atoms with E-state index in [4.69, 9.17) is 0 Å². The molecule has 0 aliphatic heterocycles. The summed E-state index contributed by atoms with van der Waals surface area (Å²) in [6.45, 7) is 13.2. The molecule has 0 radical (unpaired) electrons. The molecule has 1 nitrogen and oxygen atoms in total. The van der Waals surface area contributed by atoms with Gasteiger partial charge in [0.1, 0.15) is 0 Å². The van der Waals surface area contributed by atoms with Crippen LogP contribution in [-0.4, -0.2) is 11.7 Å². The van der Waals surface area contributed by atoms with E-state index in [-0.39, 0.29) is 0 Å². The summed E-state index contributed by atoms with van der Waals surface area (Å²) in [6, 6.07) is 0. The summed E-state index contributed by atoms with van der Waals surface area (Å²) in [5.74, 6) is 7.21. The molecule has 168 valence electrons. The average Bonchev–Trinajstić information content (AvgIpc) is 3.04. The average molecular weight is 403 g/mol. The molecule has 0 spiro atoms. The maximum absolute atomic E-state index is 9.86. The Bertz CT molecular complexity index is 557. The van der Waals surface area contributed by atoms with E-state index in [1.807, 2.05) is 0 Å². The lowest BCUT2D eigenvalue weighted by molar-refractivity contribution is -0.127. The maximum atomic E-state index is 9.86. The fraction of sp³-hybridized carbons (Fsp3) is 1.00. The number of aliphatic hydroxyl groups is 1. The third-order valence-corrected chi connectivity index (χ3v) is 11.4. The zero-order chi connectivity index (χ0) is 20.8. The first-order valence-corrected chi connectivity index (χ1v) is 13.5. The van der Waals surface area contributed by atoms with Crippen LogP contribution in [0.1, 0.15) is 112 Å². The van der Waals surface area contributed by atoms with Gasteiger partial charge in [-0.3, -0.25) is 0 Å². The van der Waals surface area contributed by atoms with Crippen LogP contribution in [0.15, 0.2) is 0 Å². The van der Waals surface area contributed by atoms with Gasteiger partial charge in [-0.25, -0.2) is 0 Å². The van der Waals surface area contributed by atoms with Crippen LogP contribution in [0.25, 0.3) is 0 Å². The molecule has 0 aromatic rings. The maximum Gasteiger partial charge on any atom is 0.0459 e. The van der Waals surface area contributed by atoms with Crippen molar-refractivity contribution >= 4 is 0 Å². The second-order valence-electron chi connectivity index (χ2n) is 12.7. The van der Waals surface area contributed by atoms with Gasteiger partial charge >= 0.3 is 0 Å². The highest BCUT2D eigenvalue weighted by Gasteiger charge is 2.60. The Balaban J connectivity index is 1.50. The predicted molar refractivity (Wildman–Crippen MR) is 124 cm³/mol. The van der Waals surface area contributed by atoms with E-state index in [9.17, 15) is 5.11 Å². The number of fused-ring (bicyclic) bond motifs is 5. The van der Waals surface area contributed by atoms with Crippen molar-refractivity contribution in [3.63, 3.8) is 0 Å². The minimum atomic E-state index is 0.396. The number of hydrogen-bond acceptors (Lipinski definition) is 1. The summed E-state index contributed by atoms with van der Waals surface area (Å²) in [5.41, 5.74) is 1.23. The van der Waals surface area contributed by atoms with Crippen LogP contribution >= 0.6 is 0 Å². The quantitative estimate of drug-likeness (QED) is 0.482. The lowest BCUT2D eigenvalue weighted by atomic mass is 9.43. The molecular formula is C28H50O. The highest BCUT2D eigenvalue weighted by Crippen LogP contribution is 2.69. The first-order valence-electron chi connectivity index (χ1n) is 13.5. The summed E-state index contributed by atoms with van der Waals surface area (Å²) in [6.07, 6.45) is 17.2. The summed E-state index contributed by atoms with van der Waals surface area (Å²) in [5, 5.41) is 9.86.